The number of hydrogen-bond acceptors (Lipinski definition) is 9. The van der Waals surface area contributed by atoms with E-state index in [1.54, 1.807) is 13.9 Å². The number of carbonyl (C=O) groups is 2. The Hall–Kier alpha value is -6.80. The number of ether oxygens (including phenoxy) is 2. The van der Waals surface area contributed by atoms with Crippen LogP contribution in [0.15, 0.2) is 126 Å². The number of nitrogens with one attached hydrogen (secondary N) is 2. The van der Waals surface area contributed by atoms with Gasteiger partial charge in [0.2, 0.25) is 0 Å². The summed E-state index contributed by atoms with van der Waals surface area (Å²) in [5.41, 5.74) is 13.3. The van der Waals surface area contributed by atoms with Gasteiger partial charge in [0.15, 0.2) is 11.3 Å². The zero-order chi connectivity index (χ0) is 45.6. The van der Waals surface area contributed by atoms with E-state index >= 15 is 0 Å². The number of nitrogens with zero attached hydrogens (tertiary/aromatic N) is 6. The molecule has 2 atom stereocenters. The number of hydrogen-bond donors (Lipinski definition) is 2. The Balaban J connectivity index is 0.000000164. The Morgan fingerprint density at radius 3 is 1.92 bits per heavy atom. The van der Waals surface area contributed by atoms with Crippen LogP contribution in [0.1, 0.15) is 86.3 Å². The quantitative estimate of drug-likeness (QED) is 0.123. The van der Waals surface area contributed by atoms with Crippen molar-refractivity contribution < 1.29 is 19.1 Å². The molecule has 4 aromatic heterocycles. The summed E-state index contributed by atoms with van der Waals surface area (Å²) in [7, 11) is 0. The Morgan fingerprint density at radius 1 is 0.712 bits per heavy atom. The molecule has 0 unspecified atom stereocenters. The minimum atomic E-state index is -0.364. The summed E-state index contributed by atoms with van der Waals surface area (Å²) >= 11 is 6.54. The van der Waals surface area contributed by atoms with E-state index in [-0.39, 0.29) is 48.7 Å². The summed E-state index contributed by atoms with van der Waals surface area (Å²) < 4.78 is 13.7. The molecule has 2 N–H and O–H groups in total. The van der Waals surface area contributed by atoms with Gasteiger partial charge < -0.3 is 14.8 Å². The summed E-state index contributed by atoms with van der Waals surface area (Å²) in [6.07, 6.45) is 1.20. The molecule has 13 nitrogen and oxygen atoms in total. The second-order valence-corrected chi connectivity index (χ2v) is 16.7. The van der Waals surface area contributed by atoms with E-state index in [1.165, 1.54) is 23.6 Å². The lowest BCUT2D eigenvalue weighted by atomic mass is 9.92. The van der Waals surface area contributed by atoms with Gasteiger partial charge in [0.1, 0.15) is 18.4 Å². The smallest absolute Gasteiger partial charge is 0.410 e. The van der Waals surface area contributed by atoms with Gasteiger partial charge in [0.05, 0.1) is 23.5 Å². The van der Waals surface area contributed by atoms with E-state index in [9.17, 15) is 14.4 Å². The highest BCUT2D eigenvalue weighted by molar-refractivity contribution is 6.30. The Labute approximate surface area is 394 Å². The predicted octanol–water partition coefficient (Wildman–Crippen LogP) is 9.63. The van der Waals surface area contributed by atoms with Gasteiger partial charge in [-0.15, -0.1) is 12.4 Å². The van der Waals surface area contributed by atoms with Crippen LogP contribution in [0, 0.1) is 27.7 Å². The normalized spacial score (nSPS) is 15.0. The maximum absolute atomic E-state index is 13.2. The number of halogens is 2. The van der Waals surface area contributed by atoms with Crippen molar-refractivity contribution in [2.45, 2.75) is 85.8 Å². The van der Waals surface area contributed by atoms with Crippen molar-refractivity contribution in [2.75, 3.05) is 0 Å². The van der Waals surface area contributed by atoms with Crippen LogP contribution in [0.3, 0.4) is 0 Å². The van der Waals surface area contributed by atoms with E-state index in [1.807, 2.05) is 113 Å². The van der Waals surface area contributed by atoms with Gasteiger partial charge in [-0.2, -0.15) is 5.10 Å². The lowest BCUT2D eigenvalue weighted by molar-refractivity contribution is -0.142. The maximum Gasteiger partial charge on any atom is 0.410 e. The molecule has 66 heavy (non-hydrogen) atoms. The van der Waals surface area contributed by atoms with Crippen LogP contribution in [-0.2, 0) is 53.4 Å². The third-order valence-electron chi connectivity index (χ3n) is 11.9. The van der Waals surface area contributed by atoms with E-state index in [2.05, 4.69) is 56.8 Å². The van der Waals surface area contributed by atoms with Crippen LogP contribution in [0.4, 0.5) is 4.79 Å². The minimum Gasteiger partial charge on any atom is -0.461 e. The fraction of sp³-hybridized carbons (Fsp3) is 0.255. The molecular formula is C51H52Cl2N8O5. The monoisotopic (exact) mass is 926 g/mol. The third-order valence-corrected chi connectivity index (χ3v) is 12.3. The molecule has 10 rings (SSSR count). The first-order chi connectivity index (χ1) is 31.4. The number of benzene rings is 4. The van der Waals surface area contributed by atoms with Gasteiger partial charge in [-0.1, -0.05) is 121 Å². The van der Waals surface area contributed by atoms with Crippen LogP contribution >= 0.6 is 24.0 Å². The highest BCUT2D eigenvalue weighted by atomic mass is 35.5. The number of aromatic amines is 1. The second-order valence-electron chi connectivity index (χ2n) is 16.3. The molecule has 2 aliphatic heterocycles. The molecule has 0 saturated carbocycles. The summed E-state index contributed by atoms with van der Waals surface area (Å²) in [5, 5.41) is 12.0. The molecule has 0 radical (unpaired) electrons. The number of esters is 1. The van der Waals surface area contributed by atoms with Gasteiger partial charge in [0, 0.05) is 54.7 Å². The van der Waals surface area contributed by atoms with Gasteiger partial charge in [-0.3, -0.25) is 19.6 Å². The Morgan fingerprint density at radius 2 is 1.27 bits per heavy atom. The van der Waals surface area contributed by atoms with Crippen molar-refractivity contribution in [2.24, 2.45) is 0 Å². The van der Waals surface area contributed by atoms with Crippen molar-refractivity contribution in [1.29, 1.82) is 0 Å². The van der Waals surface area contributed by atoms with Crippen molar-refractivity contribution in [3.8, 4) is 0 Å². The van der Waals surface area contributed by atoms with E-state index in [4.69, 9.17) is 26.2 Å². The summed E-state index contributed by atoms with van der Waals surface area (Å²) in [5.74, 6) is -0.242. The highest BCUT2D eigenvalue weighted by Crippen LogP contribution is 2.34. The van der Waals surface area contributed by atoms with Gasteiger partial charge in [-0.25, -0.2) is 23.8 Å². The molecule has 0 bridgehead atoms. The highest BCUT2D eigenvalue weighted by Gasteiger charge is 2.34. The molecule has 0 aliphatic carbocycles. The standard InChI is InChI=1S/C25H23ClN4O2.C17H18N4O.C9H10O2.ClH/c1-16-17(2)27-23-13-21(28-30(23)24(16)26)22-12-19-10-6-7-11-20(19)14-29(22)25(31)32-15-18-8-4-3-5-9-18;1-10-11(2)19-16-8-15(20-21(16)17(10)22)14-7-12-5-3-4-6-13(12)9-18-14;1-8(10)11-7-9-5-3-2-4-6-9;/h3-11,13,22H,12,14-15H2,1-2H3;3-6,8,14,18,20H,7,9H2,1-2H3;2-6H,7H2,1H3;1H/t22-;14-;;/m00../s1. The topological polar surface area (TPSA) is 148 Å². The van der Waals surface area contributed by atoms with Gasteiger partial charge >= 0.3 is 12.1 Å². The van der Waals surface area contributed by atoms with Crippen LogP contribution < -0.4 is 10.9 Å². The number of aryl methyl sites for hydroxylation is 2. The first-order valence-electron chi connectivity index (χ1n) is 21.6. The molecule has 8 aromatic rings. The molecule has 1 amide bonds. The average molecular weight is 928 g/mol. The van der Waals surface area contributed by atoms with Gasteiger partial charge in [-0.05, 0) is 73.9 Å². The zero-order valence-electron chi connectivity index (χ0n) is 37.5. The molecule has 0 saturated heterocycles. The first kappa shape index (κ1) is 47.2. The van der Waals surface area contributed by atoms with Crippen molar-refractivity contribution >= 4 is 47.4 Å². The van der Waals surface area contributed by atoms with Gasteiger partial charge in [0.25, 0.3) is 5.56 Å². The molecule has 2 aliphatic rings. The second kappa shape index (κ2) is 21.0. The van der Waals surface area contributed by atoms with E-state index in [0.717, 1.165) is 58.0 Å². The van der Waals surface area contributed by atoms with E-state index < -0.39 is 0 Å². The molecule has 15 heteroatoms. The zero-order valence-corrected chi connectivity index (χ0v) is 39.0. The number of rotatable bonds is 6. The fourth-order valence-electron chi connectivity index (χ4n) is 7.97. The number of H-pyrrole nitrogens is 1. The summed E-state index contributed by atoms with van der Waals surface area (Å²) in [6.45, 7) is 10.8. The lowest BCUT2D eigenvalue weighted by Gasteiger charge is -2.35. The molecule has 4 aromatic carbocycles. The number of amides is 1. The SMILES string of the molecule is CC(=O)OCc1ccccc1.Cc1nc2cc([C@@H]3Cc4ccccc4CN3)[nH]n2c(=O)c1C.Cc1nc2cc([C@@H]3Cc4ccccc4CN3C(=O)OCc3ccccc3)nn2c(Cl)c1C.Cl. The Bertz CT molecular complexity index is 3040. The van der Waals surface area contributed by atoms with Crippen LogP contribution in [0.25, 0.3) is 11.3 Å². The molecular weight excluding hydrogens is 876 g/mol. The average Bonchev–Trinajstić information content (AvgIpc) is 3.97. The van der Waals surface area contributed by atoms with E-state index in [0.29, 0.717) is 41.6 Å². The van der Waals surface area contributed by atoms with Crippen molar-refractivity contribution in [3.05, 3.63) is 204 Å². The largest absolute Gasteiger partial charge is 0.461 e. The lowest BCUT2D eigenvalue weighted by Crippen LogP contribution is -2.39. The minimum absolute atomic E-state index is 0. The molecule has 340 valence electrons. The van der Waals surface area contributed by atoms with Crippen LogP contribution in [0.5, 0.6) is 0 Å². The third kappa shape index (κ3) is 10.7. The molecule has 0 spiro atoms. The maximum atomic E-state index is 13.2. The number of aromatic nitrogens is 6. The number of fused-ring (bicyclic) bond motifs is 4. The van der Waals surface area contributed by atoms with Crippen molar-refractivity contribution in [1.82, 2.24) is 39.4 Å². The van der Waals surface area contributed by atoms with Crippen LogP contribution in [0.2, 0.25) is 5.15 Å². The van der Waals surface area contributed by atoms with Crippen LogP contribution in [-0.4, -0.2) is 46.2 Å². The fourth-order valence-corrected chi connectivity index (χ4v) is 8.23. The number of carbonyl (C=O) groups excluding carboxylic acids is 2. The first-order valence-corrected chi connectivity index (χ1v) is 21.9. The summed E-state index contributed by atoms with van der Waals surface area (Å²) in [4.78, 5) is 46.8. The molecule has 0 fully saturated rings. The predicted molar refractivity (Wildman–Crippen MR) is 257 cm³/mol. The van der Waals surface area contributed by atoms with Crippen molar-refractivity contribution in [3.63, 3.8) is 0 Å². The Kier molecular flexibility index (Phi) is 15.0. The molecule has 6 heterocycles. The summed E-state index contributed by atoms with van der Waals surface area (Å²) in [6, 6.07) is 39.7.